The number of hydrogen-bond donors (Lipinski definition) is 1. The van der Waals surface area contributed by atoms with Crippen LogP contribution in [-0.2, 0) is 28.6 Å². The first-order valence-electron chi connectivity index (χ1n) is 16.7. The number of carbonyl (C=O) groups excluding carboxylic acids is 3. The molecular weight excluding hydrogens is 606 g/mol. The fraction of sp³-hybridized carbons (Fsp3) is 0.639. The number of aliphatic hydroxyl groups is 1. The summed E-state index contributed by atoms with van der Waals surface area (Å²) in [6, 6.07) is 5.06. The third-order valence-electron chi connectivity index (χ3n) is 10.9. The van der Waals surface area contributed by atoms with Gasteiger partial charge in [0.25, 0.3) is 0 Å². The summed E-state index contributed by atoms with van der Waals surface area (Å²) >= 11 is 0. The summed E-state index contributed by atoms with van der Waals surface area (Å²) in [6.45, 7) is 10.5. The maximum Gasteiger partial charge on any atom is 0.345 e. The Hall–Kier alpha value is -3.73. The van der Waals surface area contributed by atoms with Gasteiger partial charge in [0.15, 0.2) is 0 Å². The third-order valence-corrected chi connectivity index (χ3v) is 10.9. The van der Waals surface area contributed by atoms with E-state index in [1.807, 2.05) is 20.8 Å². The van der Waals surface area contributed by atoms with Crippen LogP contribution in [0.5, 0.6) is 5.75 Å². The Kier molecular flexibility index (Phi) is 9.87. The lowest BCUT2D eigenvalue weighted by Gasteiger charge is -2.66. The van der Waals surface area contributed by atoms with Crippen LogP contribution in [0.15, 0.2) is 39.8 Å². The minimum atomic E-state index is -1.34. The summed E-state index contributed by atoms with van der Waals surface area (Å²) in [5.41, 5.74) is -3.08. The van der Waals surface area contributed by atoms with Crippen LogP contribution in [0, 0.1) is 22.7 Å². The summed E-state index contributed by atoms with van der Waals surface area (Å²) in [7, 11) is 0. The van der Waals surface area contributed by atoms with Crippen molar-refractivity contribution in [2.75, 3.05) is 6.61 Å². The van der Waals surface area contributed by atoms with Crippen LogP contribution in [0.4, 0.5) is 0 Å². The predicted octanol–water partition coefficient (Wildman–Crippen LogP) is 5.71. The number of aromatic nitrogens is 1. The van der Waals surface area contributed by atoms with Gasteiger partial charge >= 0.3 is 23.5 Å². The first kappa shape index (κ1) is 34.6. The molecule has 256 valence electrons. The second kappa shape index (κ2) is 13.4. The summed E-state index contributed by atoms with van der Waals surface area (Å²) in [4.78, 5) is 55.4. The van der Waals surface area contributed by atoms with Crippen LogP contribution in [0.25, 0.3) is 11.3 Å². The highest BCUT2D eigenvalue weighted by Crippen LogP contribution is 2.67. The Morgan fingerprint density at radius 3 is 2.49 bits per heavy atom. The van der Waals surface area contributed by atoms with Crippen molar-refractivity contribution in [3.63, 3.8) is 0 Å². The van der Waals surface area contributed by atoms with E-state index in [1.165, 1.54) is 13.8 Å². The zero-order valence-corrected chi connectivity index (χ0v) is 28.2. The highest BCUT2D eigenvalue weighted by molar-refractivity contribution is 5.70. The largest absolute Gasteiger partial charge is 0.482 e. The number of esters is 3. The third kappa shape index (κ3) is 6.43. The van der Waals surface area contributed by atoms with E-state index in [4.69, 9.17) is 23.4 Å². The average molecular weight is 654 g/mol. The fourth-order valence-electron chi connectivity index (χ4n) is 8.75. The number of rotatable bonds is 10. The molecule has 2 fully saturated rings. The Morgan fingerprint density at radius 2 is 1.83 bits per heavy atom. The zero-order valence-electron chi connectivity index (χ0n) is 28.2. The van der Waals surface area contributed by atoms with Crippen LogP contribution in [0.3, 0.4) is 0 Å². The average Bonchev–Trinajstić information content (AvgIpc) is 3.01. The Bertz CT molecular complexity index is 1540. The maximum absolute atomic E-state index is 13.6. The molecular formula is C36H47NO10. The van der Waals surface area contributed by atoms with Crippen molar-refractivity contribution >= 4 is 17.9 Å². The minimum absolute atomic E-state index is 0.00423. The van der Waals surface area contributed by atoms with E-state index in [0.717, 1.165) is 19.3 Å². The molecule has 11 nitrogen and oxygen atoms in total. The number of carbonyl (C=O) groups is 3. The van der Waals surface area contributed by atoms with Gasteiger partial charge in [-0.05, 0) is 56.1 Å². The Labute approximate surface area is 275 Å². The number of aliphatic hydroxyl groups excluding tert-OH is 1. The van der Waals surface area contributed by atoms with Gasteiger partial charge in [0, 0.05) is 55.6 Å². The Balaban J connectivity index is 1.62. The quantitative estimate of drug-likeness (QED) is 0.191. The molecule has 2 aromatic heterocycles. The second-order valence-electron chi connectivity index (χ2n) is 14.1. The summed E-state index contributed by atoms with van der Waals surface area (Å²) in [5.74, 6) is -2.06. The molecule has 47 heavy (non-hydrogen) atoms. The highest BCUT2D eigenvalue weighted by atomic mass is 16.6. The van der Waals surface area contributed by atoms with E-state index < -0.39 is 58.2 Å². The number of pyridine rings is 1. The second-order valence-corrected chi connectivity index (χ2v) is 14.1. The number of nitrogens with zero attached hydrogens (tertiary/aromatic N) is 1. The van der Waals surface area contributed by atoms with Crippen molar-refractivity contribution in [3.8, 4) is 17.1 Å². The van der Waals surface area contributed by atoms with E-state index in [0.29, 0.717) is 31.2 Å². The van der Waals surface area contributed by atoms with E-state index in [9.17, 15) is 24.3 Å². The van der Waals surface area contributed by atoms with Gasteiger partial charge in [-0.2, -0.15) is 0 Å². The van der Waals surface area contributed by atoms with Crippen LogP contribution in [-0.4, -0.2) is 52.4 Å². The monoisotopic (exact) mass is 653 g/mol. The lowest BCUT2D eigenvalue weighted by atomic mass is 9.42. The molecule has 5 rings (SSSR count). The molecule has 0 saturated heterocycles. The van der Waals surface area contributed by atoms with Gasteiger partial charge < -0.3 is 28.5 Å². The van der Waals surface area contributed by atoms with E-state index in [1.54, 1.807) is 30.6 Å². The molecule has 8 atom stereocenters. The SMILES string of the molecule is CCCCCCC(=O)O[C@H]1CC2[C@](C)(CC[C@H](OC(C)=O)[C@@]2(C)COC(C)=O)C2[C@@H](O)c3c(cc(-c4cccnc4)oc3=O)O[C@@]21C. The molecule has 3 heterocycles. The van der Waals surface area contributed by atoms with E-state index in [-0.39, 0.29) is 42.0 Å². The molecule has 1 aliphatic heterocycles. The molecule has 3 aliphatic rings. The predicted molar refractivity (Wildman–Crippen MR) is 170 cm³/mol. The van der Waals surface area contributed by atoms with Gasteiger partial charge in [0.05, 0.1) is 6.10 Å². The smallest absolute Gasteiger partial charge is 0.345 e. The molecule has 1 N–H and O–H groups in total. The number of ether oxygens (including phenoxy) is 4. The fourth-order valence-corrected chi connectivity index (χ4v) is 8.75. The molecule has 0 spiro atoms. The number of fused-ring (bicyclic) bond motifs is 4. The molecule has 2 unspecified atom stereocenters. The summed E-state index contributed by atoms with van der Waals surface area (Å²) in [5, 5.41) is 12.3. The normalized spacial score (nSPS) is 32.5. The molecule has 11 heteroatoms. The van der Waals surface area contributed by atoms with Crippen molar-refractivity contribution < 1.29 is 42.9 Å². The molecule has 2 aliphatic carbocycles. The highest BCUT2D eigenvalue weighted by Gasteiger charge is 2.70. The first-order chi connectivity index (χ1) is 22.2. The van der Waals surface area contributed by atoms with Gasteiger partial charge in [-0.3, -0.25) is 19.4 Å². The van der Waals surface area contributed by atoms with Crippen molar-refractivity contribution in [1.82, 2.24) is 4.98 Å². The maximum atomic E-state index is 13.6. The van der Waals surface area contributed by atoms with Crippen LogP contribution in [0.1, 0.15) is 105 Å². The van der Waals surface area contributed by atoms with Crippen LogP contribution >= 0.6 is 0 Å². The lowest BCUT2D eigenvalue weighted by Crippen LogP contribution is -2.71. The number of hydrogen-bond acceptors (Lipinski definition) is 11. The Morgan fingerprint density at radius 1 is 1.06 bits per heavy atom. The van der Waals surface area contributed by atoms with E-state index >= 15 is 0 Å². The van der Waals surface area contributed by atoms with Crippen molar-refractivity contribution in [1.29, 1.82) is 0 Å². The molecule has 2 saturated carbocycles. The molecule has 0 amide bonds. The first-order valence-corrected chi connectivity index (χ1v) is 16.7. The standard InChI is InChI=1S/C36H47NO10/c1-7-8-9-10-13-29(40)46-28-18-26-34(4,15-14-27(44-22(3)39)35(26,5)20-43-21(2)38)32-31(41)30-25(47-36(28,32)6)17-24(45-33(30)42)23-12-11-16-37-19-23/h11-12,16-17,19,26-28,31-32,41H,7-10,13-15,18,20H2,1-6H3/t26?,27-,28-,31-,32?,34-,35-,36+/m0/s1. The van der Waals surface area contributed by atoms with E-state index in [2.05, 4.69) is 11.9 Å². The van der Waals surface area contributed by atoms with Crippen LogP contribution < -0.4 is 10.4 Å². The minimum Gasteiger partial charge on any atom is -0.482 e. The van der Waals surface area contributed by atoms with Gasteiger partial charge in [-0.15, -0.1) is 0 Å². The molecule has 0 radical (unpaired) electrons. The van der Waals surface area contributed by atoms with Crippen molar-refractivity contribution in [2.24, 2.45) is 22.7 Å². The van der Waals surface area contributed by atoms with Gasteiger partial charge in [0.1, 0.15) is 41.5 Å². The number of unbranched alkanes of at least 4 members (excludes halogenated alkanes) is 3. The summed E-state index contributed by atoms with van der Waals surface area (Å²) < 4.78 is 30.2. The van der Waals surface area contributed by atoms with Crippen LogP contribution in [0.2, 0.25) is 0 Å². The molecule has 2 aromatic rings. The van der Waals surface area contributed by atoms with Gasteiger partial charge in [-0.25, -0.2) is 4.79 Å². The van der Waals surface area contributed by atoms with Crippen molar-refractivity contribution in [3.05, 3.63) is 46.6 Å². The zero-order chi connectivity index (χ0) is 34.1. The molecule has 0 bridgehead atoms. The summed E-state index contributed by atoms with van der Waals surface area (Å²) in [6.07, 6.45) is 5.44. The van der Waals surface area contributed by atoms with Gasteiger partial charge in [-0.1, -0.05) is 40.0 Å². The topological polar surface area (TPSA) is 151 Å². The van der Waals surface area contributed by atoms with Crippen molar-refractivity contribution in [2.45, 2.75) is 117 Å². The van der Waals surface area contributed by atoms with Gasteiger partial charge in [0.2, 0.25) is 0 Å². The molecule has 0 aromatic carbocycles. The lowest BCUT2D eigenvalue weighted by molar-refractivity contribution is -0.271.